The minimum Gasteiger partial charge on any atom is -0.508 e. The highest BCUT2D eigenvalue weighted by atomic mass is 32.2. The van der Waals surface area contributed by atoms with Gasteiger partial charge in [-0.15, -0.1) is 0 Å². The van der Waals surface area contributed by atoms with Crippen LogP contribution in [-0.2, 0) is 4.79 Å². The van der Waals surface area contributed by atoms with Gasteiger partial charge in [0.15, 0.2) is 5.17 Å². The van der Waals surface area contributed by atoms with Crippen LogP contribution in [0.25, 0.3) is 6.08 Å². The van der Waals surface area contributed by atoms with Gasteiger partial charge < -0.3 is 14.6 Å². The number of amides is 1. The van der Waals surface area contributed by atoms with E-state index in [9.17, 15) is 9.90 Å². The summed E-state index contributed by atoms with van der Waals surface area (Å²) >= 11 is 1.29. The van der Waals surface area contributed by atoms with Gasteiger partial charge in [-0.1, -0.05) is 0 Å². The van der Waals surface area contributed by atoms with Crippen molar-refractivity contribution in [2.45, 2.75) is 0 Å². The lowest BCUT2D eigenvalue weighted by Crippen LogP contribution is -2.23. The number of hydrogen-bond donors (Lipinski definition) is 1. The van der Waals surface area contributed by atoms with Crippen molar-refractivity contribution in [1.82, 2.24) is 4.90 Å². The summed E-state index contributed by atoms with van der Waals surface area (Å²) in [6.45, 7) is 0. The fourth-order valence-electron chi connectivity index (χ4n) is 2.37. The van der Waals surface area contributed by atoms with Crippen LogP contribution in [0.3, 0.4) is 0 Å². The minimum atomic E-state index is -0.134. The first-order valence-electron chi connectivity index (χ1n) is 7.79. The predicted octanol–water partition coefficient (Wildman–Crippen LogP) is 3.64. The summed E-state index contributed by atoms with van der Waals surface area (Å²) < 4.78 is 10.6. The second-order valence-corrected chi connectivity index (χ2v) is 6.50. The third kappa shape index (κ3) is 3.67. The zero-order chi connectivity index (χ0) is 18.7. The Bertz CT molecular complexity index is 891. The number of carbonyl (C=O) groups excluding carboxylic acids is 1. The van der Waals surface area contributed by atoms with Crippen molar-refractivity contribution in [2.24, 2.45) is 4.99 Å². The lowest BCUT2D eigenvalue weighted by atomic mass is 10.1. The molecule has 1 saturated heterocycles. The van der Waals surface area contributed by atoms with Crippen LogP contribution in [-0.4, -0.2) is 42.3 Å². The topological polar surface area (TPSA) is 71.4 Å². The zero-order valence-corrected chi connectivity index (χ0v) is 15.4. The third-order valence-corrected chi connectivity index (χ3v) is 4.87. The van der Waals surface area contributed by atoms with E-state index in [1.165, 1.54) is 16.7 Å². The van der Waals surface area contributed by atoms with Gasteiger partial charge in [0.05, 0.1) is 24.8 Å². The van der Waals surface area contributed by atoms with Crippen molar-refractivity contribution in [3.8, 4) is 17.2 Å². The average Bonchev–Trinajstić information content (AvgIpc) is 2.92. The molecule has 0 spiro atoms. The summed E-state index contributed by atoms with van der Waals surface area (Å²) in [6.07, 6.45) is 1.78. The van der Waals surface area contributed by atoms with E-state index in [0.29, 0.717) is 27.3 Å². The molecule has 0 atom stereocenters. The number of methoxy groups -OCH3 is 2. The molecule has 0 radical (unpaired) electrons. The zero-order valence-electron chi connectivity index (χ0n) is 14.6. The van der Waals surface area contributed by atoms with E-state index in [0.717, 1.165) is 5.56 Å². The standard InChI is InChI=1S/C19H18N2O4S/c1-21-18(23)17(10-12-4-9-15(24-2)11-16(12)25-3)26-19(21)20-13-5-7-14(22)8-6-13/h4-11,22H,1-3H3/b17-10-,20-19?. The molecule has 7 heteroatoms. The molecule has 3 rings (SSSR count). The number of rotatable bonds is 4. The summed E-state index contributed by atoms with van der Waals surface area (Å²) in [6, 6.07) is 11.9. The smallest absolute Gasteiger partial charge is 0.266 e. The van der Waals surface area contributed by atoms with Crippen molar-refractivity contribution in [1.29, 1.82) is 0 Å². The van der Waals surface area contributed by atoms with Crippen molar-refractivity contribution in [2.75, 3.05) is 21.3 Å². The molecule has 1 aliphatic rings. The van der Waals surface area contributed by atoms with Gasteiger partial charge in [0.2, 0.25) is 0 Å². The number of thioether (sulfide) groups is 1. The molecule has 0 saturated carbocycles. The number of phenols is 1. The van der Waals surface area contributed by atoms with Gasteiger partial charge in [-0.05, 0) is 54.2 Å². The lowest BCUT2D eigenvalue weighted by molar-refractivity contribution is -0.121. The van der Waals surface area contributed by atoms with Crippen molar-refractivity contribution in [3.63, 3.8) is 0 Å². The molecular weight excluding hydrogens is 352 g/mol. The molecule has 1 aliphatic heterocycles. The van der Waals surface area contributed by atoms with Crippen molar-refractivity contribution < 1.29 is 19.4 Å². The minimum absolute atomic E-state index is 0.134. The molecule has 26 heavy (non-hydrogen) atoms. The van der Waals surface area contributed by atoms with Gasteiger partial charge in [0.1, 0.15) is 17.2 Å². The molecule has 1 fully saturated rings. The van der Waals surface area contributed by atoms with Gasteiger partial charge in [0, 0.05) is 18.7 Å². The molecule has 1 heterocycles. The number of benzene rings is 2. The highest BCUT2D eigenvalue weighted by molar-refractivity contribution is 8.18. The molecule has 134 valence electrons. The number of hydrogen-bond acceptors (Lipinski definition) is 6. The number of carbonyl (C=O) groups is 1. The molecule has 1 amide bonds. The van der Waals surface area contributed by atoms with Gasteiger partial charge in [0.25, 0.3) is 5.91 Å². The van der Waals surface area contributed by atoms with Crippen LogP contribution in [0.4, 0.5) is 5.69 Å². The van der Waals surface area contributed by atoms with Gasteiger partial charge in [-0.2, -0.15) is 0 Å². The van der Waals surface area contributed by atoms with E-state index < -0.39 is 0 Å². The monoisotopic (exact) mass is 370 g/mol. The first-order valence-corrected chi connectivity index (χ1v) is 8.61. The second-order valence-electron chi connectivity index (χ2n) is 5.49. The highest BCUT2D eigenvalue weighted by Crippen LogP contribution is 2.35. The Morgan fingerprint density at radius 2 is 1.85 bits per heavy atom. The number of ether oxygens (including phenoxy) is 2. The Hall–Kier alpha value is -2.93. The van der Waals surface area contributed by atoms with Crippen LogP contribution in [0.1, 0.15) is 5.56 Å². The first-order chi connectivity index (χ1) is 12.5. The molecule has 2 aromatic rings. The molecule has 2 aromatic carbocycles. The number of phenolic OH excluding ortho intramolecular Hbond substituents is 1. The van der Waals surface area contributed by atoms with Crippen LogP contribution in [0.5, 0.6) is 17.2 Å². The number of aromatic hydroxyl groups is 1. The Kier molecular flexibility index (Phi) is 5.18. The quantitative estimate of drug-likeness (QED) is 0.832. The van der Waals surface area contributed by atoms with Crippen LogP contribution in [0.2, 0.25) is 0 Å². The first kappa shape index (κ1) is 17.9. The van der Waals surface area contributed by atoms with E-state index in [1.807, 2.05) is 12.1 Å². The molecule has 1 N–H and O–H groups in total. The van der Waals surface area contributed by atoms with E-state index >= 15 is 0 Å². The fourth-order valence-corrected chi connectivity index (χ4v) is 3.35. The van der Waals surface area contributed by atoms with Crippen LogP contribution in [0, 0.1) is 0 Å². The van der Waals surface area contributed by atoms with E-state index in [1.54, 1.807) is 57.7 Å². The van der Waals surface area contributed by atoms with E-state index in [-0.39, 0.29) is 11.7 Å². The number of aliphatic imine (C=N–C) groups is 1. The maximum Gasteiger partial charge on any atom is 0.266 e. The fraction of sp³-hybridized carbons (Fsp3) is 0.158. The molecule has 0 unspecified atom stereocenters. The van der Waals surface area contributed by atoms with Crippen molar-refractivity contribution >= 4 is 34.6 Å². The third-order valence-electron chi connectivity index (χ3n) is 3.81. The van der Waals surface area contributed by atoms with Crippen LogP contribution >= 0.6 is 11.8 Å². The molecule has 0 bridgehead atoms. The highest BCUT2D eigenvalue weighted by Gasteiger charge is 2.30. The van der Waals surface area contributed by atoms with Gasteiger partial charge >= 0.3 is 0 Å². The SMILES string of the molecule is COc1ccc(/C=C2\SC(=Nc3ccc(O)cc3)N(C)C2=O)c(OC)c1. The lowest BCUT2D eigenvalue weighted by Gasteiger charge is -2.08. The average molecular weight is 370 g/mol. The molecule has 0 aromatic heterocycles. The summed E-state index contributed by atoms with van der Waals surface area (Å²) in [4.78, 5) is 19.1. The Morgan fingerprint density at radius 3 is 2.50 bits per heavy atom. The van der Waals surface area contributed by atoms with Gasteiger partial charge in [-0.25, -0.2) is 4.99 Å². The molecule has 0 aliphatic carbocycles. The summed E-state index contributed by atoms with van der Waals surface area (Å²) in [5.74, 6) is 1.34. The number of nitrogens with zero attached hydrogens (tertiary/aromatic N) is 2. The van der Waals surface area contributed by atoms with Crippen LogP contribution < -0.4 is 9.47 Å². The molecule has 6 nitrogen and oxygen atoms in total. The van der Waals surface area contributed by atoms with Crippen LogP contribution in [0.15, 0.2) is 52.4 Å². The number of likely N-dealkylation sites (N-methyl/N-ethyl adjacent to an activating group) is 1. The van der Waals surface area contributed by atoms with Gasteiger partial charge in [-0.3, -0.25) is 9.69 Å². The predicted molar refractivity (Wildman–Crippen MR) is 103 cm³/mol. The summed E-state index contributed by atoms with van der Waals surface area (Å²) in [7, 11) is 4.84. The number of amidine groups is 1. The maximum atomic E-state index is 12.5. The Labute approximate surface area is 155 Å². The summed E-state index contributed by atoms with van der Waals surface area (Å²) in [5.41, 5.74) is 1.44. The maximum absolute atomic E-state index is 12.5. The summed E-state index contributed by atoms with van der Waals surface area (Å²) in [5, 5.41) is 9.93. The van der Waals surface area contributed by atoms with E-state index in [4.69, 9.17) is 9.47 Å². The largest absolute Gasteiger partial charge is 0.508 e. The Balaban J connectivity index is 1.91. The molecular formula is C19H18N2O4S. The second kappa shape index (κ2) is 7.53. The van der Waals surface area contributed by atoms with Crippen molar-refractivity contribution in [3.05, 3.63) is 52.9 Å². The normalized spacial score (nSPS) is 17.2. The van der Waals surface area contributed by atoms with E-state index in [2.05, 4.69) is 4.99 Å². The Morgan fingerprint density at radius 1 is 1.12 bits per heavy atom.